The lowest BCUT2D eigenvalue weighted by Gasteiger charge is -2.25. The van der Waals surface area contributed by atoms with Crippen molar-refractivity contribution in [3.05, 3.63) is 0 Å². The van der Waals surface area contributed by atoms with Crippen LogP contribution < -0.4 is 0 Å². The highest BCUT2D eigenvalue weighted by Gasteiger charge is 2.07. The second kappa shape index (κ2) is 10.8. The van der Waals surface area contributed by atoms with Crippen molar-refractivity contribution in [1.29, 1.82) is 0 Å². The number of alkyl halides is 1. The van der Waals surface area contributed by atoms with Gasteiger partial charge in [-0.3, -0.25) is 4.90 Å². The number of halogens is 1. The molecule has 0 atom stereocenters. The largest absolute Gasteiger partial charge is 0.300 e. The van der Waals surface area contributed by atoms with Crippen LogP contribution in [0.3, 0.4) is 0 Å². The van der Waals surface area contributed by atoms with E-state index in [0.717, 1.165) is 12.4 Å². The smallest absolute Gasteiger partial charge is 0.0351 e. The molecule has 0 aromatic carbocycles. The normalized spacial score (nSPS) is 11.6. The van der Waals surface area contributed by atoms with Gasteiger partial charge < -0.3 is 0 Å². The monoisotopic (exact) mass is 233 g/mol. The number of hydrogen-bond acceptors (Lipinski definition) is 1. The Labute approximate surface area is 101 Å². The maximum atomic E-state index is 5.78. The lowest BCUT2D eigenvalue weighted by atomic mass is 10.1. The van der Waals surface area contributed by atoms with Crippen molar-refractivity contribution in [2.24, 2.45) is 0 Å². The zero-order chi connectivity index (χ0) is 11.5. The maximum Gasteiger partial charge on any atom is 0.0351 e. The van der Waals surface area contributed by atoms with Gasteiger partial charge in [0.1, 0.15) is 0 Å². The van der Waals surface area contributed by atoms with Crippen molar-refractivity contribution in [1.82, 2.24) is 4.90 Å². The minimum absolute atomic E-state index is 0.638. The molecule has 0 unspecified atom stereocenters. The first-order valence-electron chi connectivity index (χ1n) is 6.52. The van der Waals surface area contributed by atoms with Gasteiger partial charge in [-0.25, -0.2) is 0 Å². The van der Waals surface area contributed by atoms with Crippen LogP contribution in [0.25, 0.3) is 0 Å². The number of hydrogen-bond donors (Lipinski definition) is 0. The third-order valence-electron chi connectivity index (χ3n) is 2.90. The Balaban J connectivity index is 3.37. The van der Waals surface area contributed by atoms with E-state index in [-0.39, 0.29) is 0 Å². The average Bonchev–Trinajstić information content (AvgIpc) is 2.21. The molecule has 92 valence electrons. The van der Waals surface area contributed by atoms with Crippen molar-refractivity contribution in [3.8, 4) is 0 Å². The molecule has 0 aromatic heterocycles. The summed E-state index contributed by atoms with van der Waals surface area (Å²) < 4.78 is 0. The molecule has 1 nitrogen and oxygen atoms in total. The predicted molar refractivity (Wildman–Crippen MR) is 70.8 cm³/mol. The highest BCUT2D eigenvalue weighted by molar-refractivity contribution is 6.18. The van der Waals surface area contributed by atoms with Gasteiger partial charge in [0, 0.05) is 18.5 Å². The Bertz CT molecular complexity index is 126. The number of rotatable bonds is 10. The van der Waals surface area contributed by atoms with Gasteiger partial charge in [0.05, 0.1) is 0 Å². The average molecular weight is 234 g/mol. The summed E-state index contributed by atoms with van der Waals surface area (Å²) in [4.78, 5) is 2.48. The van der Waals surface area contributed by atoms with Crippen molar-refractivity contribution in [2.75, 3.05) is 19.0 Å². The predicted octanol–water partition coefficient (Wildman–Crippen LogP) is 4.30. The molecule has 0 aliphatic carbocycles. The van der Waals surface area contributed by atoms with Gasteiger partial charge in [-0.1, -0.05) is 39.0 Å². The molecular formula is C13H28ClN. The van der Waals surface area contributed by atoms with Crippen LogP contribution in [0, 0.1) is 0 Å². The number of nitrogens with zero attached hydrogens (tertiary/aromatic N) is 1. The van der Waals surface area contributed by atoms with E-state index in [4.69, 9.17) is 11.6 Å². The molecule has 0 radical (unpaired) electrons. The molecular weight excluding hydrogens is 206 g/mol. The van der Waals surface area contributed by atoms with Crippen LogP contribution >= 0.6 is 11.6 Å². The first kappa shape index (κ1) is 15.2. The van der Waals surface area contributed by atoms with E-state index in [9.17, 15) is 0 Å². The van der Waals surface area contributed by atoms with Gasteiger partial charge in [0.2, 0.25) is 0 Å². The van der Waals surface area contributed by atoms with E-state index in [1.165, 1.54) is 45.1 Å². The molecule has 0 saturated heterocycles. The van der Waals surface area contributed by atoms with E-state index < -0.39 is 0 Å². The molecule has 0 rings (SSSR count). The van der Waals surface area contributed by atoms with Gasteiger partial charge in [0.25, 0.3) is 0 Å². The van der Waals surface area contributed by atoms with E-state index in [1.807, 2.05) is 0 Å². The summed E-state index contributed by atoms with van der Waals surface area (Å²) in [5, 5.41) is 0. The second-order valence-electron chi connectivity index (χ2n) is 4.59. The molecule has 0 heterocycles. The van der Waals surface area contributed by atoms with Gasteiger partial charge in [-0.2, -0.15) is 0 Å². The lowest BCUT2D eigenvalue weighted by Crippen LogP contribution is -2.33. The van der Waals surface area contributed by atoms with Crippen LogP contribution in [0.15, 0.2) is 0 Å². The topological polar surface area (TPSA) is 3.24 Å². The van der Waals surface area contributed by atoms with Gasteiger partial charge in [-0.05, 0) is 26.8 Å². The summed E-state index contributed by atoms with van der Waals surface area (Å²) in [7, 11) is 0. The molecule has 0 saturated carbocycles. The Hall–Kier alpha value is 0.250. The van der Waals surface area contributed by atoms with Crippen LogP contribution in [0.1, 0.15) is 59.3 Å². The first-order chi connectivity index (χ1) is 7.22. The van der Waals surface area contributed by atoms with E-state index in [0.29, 0.717) is 6.04 Å². The lowest BCUT2D eigenvalue weighted by molar-refractivity contribution is 0.229. The van der Waals surface area contributed by atoms with Crippen LogP contribution in [-0.4, -0.2) is 29.9 Å². The molecule has 0 aliphatic rings. The first-order valence-corrected chi connectivity index (χ1v) is 7.05. The fourth-order valence-electron chi connectivity index (χ4n) is 1.83. The van der Waals surface area contributed by atoms with Crippen LogP contribution in [0.2, 0.25) is 0 Å². The fraction of sp³-hybridized carbons (Fsp3) is 1.00. The minimum Gasteiger partial charge on any atom is -0.300 e. The van der Waals surface area contributed by atoms with E-state index in [1.54, 1.807) is 0 Å². The molecule has 0 aromatic rings. The highest BCUT2D eigenvalue weighted by atomic mass is 35.5. The fourth-order valence-corrected chi connectivity index (χ4v) is 2.05. The van der Waals surface area contributed by atoms with Crippen molar-refractivity contribution < 1.29 is 0 Å². The Morgan fingerprint density at radius 1 is 0.933 bits per heavy atom. The summed E-state index contributed by atoms with van der Waals surface area (Å²) in [5.74, 6) is 0.758. The standard InChI is InChI=1S/C13H28ClN/c1-4-5-6-7-8-9-11-15(12-10-14)13(2)3/h13H,4-12H2,1-3H3. The SMILES string of the molecule is CCCCCCCCN(CCCl)C(C)C. The highest BCUT2D eigenvalue weighted by Crippen LogP contribution is 2.07. The zero-order valence-corrected chi connectivity index (χ0v) is 11.5. The van der Waals surface area contributed by atoms with Crippen molar-refractivity contribution >= 4 is 11.6 Å². The summed E-state index contributed by atoms with van der Waals surface area (Å²) >= 11 is 5.78. The third kappa shape index (κ3) is 9.19. The summed E-state index contributed by atoms with van der Waals surface area (Å²) in [6, 6.07) is 0.638. The summed E-state index contributed by atoms with van der Waals surface area (Å²) in [6.45, 7) is 9.03. The van der Waals surface area contributed by atoms with Crippen molar-refractivity contribution in [3.63, 3.8) is 0 Å². The quantitative estimate of drug-likeness (QED) is 0.402. The van der Waals surface area contributed by atoms with Crippen LogP contribution in [0.4, 0.5) is 0 Å². The minimum atomic E-state index is 0.638. The Morgan fingerprint density at radius 2 is 1.53 bits per heavy atom. The third-order valence-corrected chi connectivity index (χ3v) is 3.07. The van der Waals surface area contributed by atoms with E-state index in [2.05, 4.69) is 25.7 Å². The van der Waals surface area contributed by atoms with Crippen LogP contribution in [0.5, 0.6) is 0 Å². The van der Waals surface area contributed by atoms with Gasteiger partial charge in [0.15, 0.2) is 0 Å². The number of unbranched alkanes of at least 4 members (excludes halogenated alkanes) is 5. The molecule has 2 heteroatoms. The Kier molecular flexibility index (Phi) is 10.9. The molecule has 0 bridgehead atoms. The van der Waals surface area contributed by atoms with E-state index >= 15 is 0 Å². The zero-order valence-electron chi connectivity index (χ0n) is 10.8. The van der Waals surface area contributed by atoms with Crippen molar-refractivity contribution in [2.45, 2.75) is 65.3 Å². The molecule has 0 amide bonds. The summed E-state index contributed by atoms with van der Waals surface area (Å²) in [5.41, 5.74) is 0. The van der Waals surface area contributed by atoms with Gasteiger partial charge >= 0.3 is 0 Å². The molecule has 0 fully saturated rings. The molecule has 0 aliphatic heterocycles. The Morgan fingerprint density at radius 3 is 2.07 bits per heavy atom. The molecule has 0 spiro atoms. The van der Waals surface area contributed by atoms with Crippen LogP contribution in [-0.2, 0) is 0 Å². The van der Waals surface area contributed by atoms with Gasteiger partial charge in [-0.15, -0.1) is 11.6 Å². The second-order valence-corrected chi connectivity index (χ2v) is 4.96. The molecule has 15 heavy (non-hydrogen) atoms. The summed E-state index contributed by atoms with van der Waals surface area (Å²) in [6.07, 6.45) is 8.26. The maximum absolute atomic E-state index is 5.78. The molecule has 0 N–H and O–H groups in total.